The summed E-state index contributed by atoms with van der Waals surface area (Å²) >= 11 is 0. The van der Waals surface area contributed by atoms with Gasteiger partial charge >= 0.3 is 6.36 Å². The maximum absolute atomic E-state index is 12.6. The number of amides is 1. The predicted molar refractivity (Wildman–Crippen MR) is 108 cm³/mol. The van der Waals surface area contributed by atoms with Crippen LogP contribution < -0.4 is 20.5 Å². The molecule has 3 N–H and O–H groups in total. The summed E-state index contributed by atoms with van der Waals surface area (Å²) in [6.07, 6.45) is -3.73. The van der Waals surface area contributed by atoms with Crippen molar-refractivity contribution in [1.82, 2.24) is 9.97 Å². The van der Waals surface area contributed by atoms with Crippen LogP contribution in [0.4, 0.5) is 24.7 Å². The van der Waals surface area contributed by atoms with E-state index in [0.29, 0.717) is 5.69 Å². The number of halogens is 3. The number of nitrogens with one attached hydrogen (secondary N) is 1. The second-order valence-electron chi connectivity index (χ2n) is 6.19. The zero-order chi connectivity index (χ0) is 23.3. The van der Waals surface area contributed by atoms with Gasteiger partial charge in [-0.25, -0.2) is 9.97 Å². The van der Waals surface area contributed by atoms with Gasteiger partial charge in [0.1, 0.15) is 35.3 Å². The first-order valence-corrected chi connectivity index (χ1v) is 8.81. The molecular formula is C21H14F3N5O3. The van der Waals surface area contributed by atoms with Crippen LogP contribution in [-0.2, 0) is 4.79 Å². The molecule has 1 amide bonds. The van der Waals surface area contributed by atoms with Gasteiger partial charge in [-0.05, 0) is 29.8 Å². The molecule has 3 rings (SSSR count). The summed E-state index contributed by atoms with van der Waals surface area (Å²) in [6.45, 7) is 3.33. The van der Waals surface area contributed by atoms with E-state index in [4.69, 9.17) is 15.7 Å². The number of hydrogen-bond donors (Lipinski definition) is 2. The molecule has 0 saturated carbocycles. The molecule has 3 aromatic rings. The van der Waals surface area contributed by atoms with Crippen molar-refractivity contribution in [2.75, 3.05) is 11.1 Å². The first-order valence-electron chi connectivity index (χ1n) is 8.81. The van der Waals surface area contributed by atoms with Gasteiger partial charge in [0.2, 0.25) is 5.88 Å². The number of rotatable bonds is 6. The largest absolute Gasteiger partial charge is 0.573 e. The Morgan fingerprint density at radius 1 is 1.12 bits per heavy atom. The summed E-state index contributed by atoms with van der Waals surface area (Å²) < 4.78 is 47.4. The van der Waals surface area contributed by atoms with Crippen molar-refractivity contribution >= 4 is 17.4 Å². The summed E-state index contributed by atoms with van der Waals surface area (Å²) in [6, 6.07) is 12.9. The van der Waals surface area contributed by atoms with E-state index in [1.165, 1.54) is 18.2 Å². The van der Waals surface area contributed by atoms with E-state index in [-0.39, 0.29) is 34.1 Å². The van der Waals surface area contributed by atoms with E-state index < -0.39 is 18.0 Å². The molecule has 0 saturated heterocycles. The minimum Gasteiger partial charge on any atom is -0.438 e. The summed E-state index contributed by atoms with van der Waals surface area (Å²) in [7, 11) is 0. The molecule has 0 unspecified atom stereocenters. The standard InChI is InChI=1S/C21H14F3N5O3/c1-12(10-25)19(30)29-14-5-3-6-15(9-14)31-20-17(18(26)27-11-28-20)13-4-2-7-16(8-13)32-21(22,23)24/h2-9,11H,1H2,(H,29,30)(H2,26,27,28). The Bertz CT molecular complexity index is 1220. The van der Waals surface area contributed by atoms with Gasteiger partial charge in [0.05, 0.1) is 5.56 Å². The summed E-state index contributed by atoms with van der Waals surface area (Å²) in [5.74, 6) is -0.974. The Kier molecular flexibility index (Phi) is 6.25. The average Bonchev–Trinajstić information content (AvgIpc) is 2.72. The molecule has 0 radical (unpaired) electrons. The lowest BCUT2D eigenvalue weighted by Gasteiger charge is -2.14. The molecule has 0 bridgehead atoms. The second kappa shape index (κ2) is 9.05. The molecule has 0 spiro atoms. The number of alkyl halides is 3. The molecule has 0 aliphatic heterocycles. The lowest BCUT2D eigenvalue weighted by molar-refractivity contribution is -0.274. The van der Waals surface area contributed by atoms with Crippen molar-refractivity contribution in [3.05, 3.63) is 67.0 Å². The lowest BCUT2D eigenvalue weighted by atomic mass is 10.1. The van der Waals surface area contributed by atoms with E-state index in [1.807, 2.05) is 0 Å². The quantitative estimate of drug-likeness (QED) is 0.428. The Morgan fingerprint density at radius 3 is 2.56 bits per heavy atom. The number of ether oxygens (including phenoxy) is 2. The molecule has 0 fully saturated rings. The zero-order valence-electron chi connectivity index (χ0n) is 16.2. The maximum atomic E-state index is 12.6. The molecule has 1 aromatic heterocycles. The fraction of sp³-hybridized carbons (Fsp3) is 0.0476. The number of carbonyl (C=O) groups is 1. The number of anilines is 2. The fourth-order valence-corrected chi connectivity index (χ4v) is 2.59. The smallest absolute Gasteiger partial charge is 0.438 e. The van der Waals surface area contributed by atoms with Gasteiger partial charge in [0.25, 0.3) is 5.91 Å². The van der Waals surface area contributed by atoms with E-state index in [0.717, 1.165) is 18.5 Å². The predicted octanol–water partition coefficient (Wildman–Crippen LogP) is 4.43. The van der Waals surface area contributed by atoms with Gasteiger partial charge in [0, 0.05) is 11.8 Å². The molecule has 32 heavy (non-hydrogen) atoms. The van der Waals surface area contributed by atoms with Crippen molar-refractivity contribution in [3.63, 3.8) is 0 Å². The fourth-order valence-electron chi connectivity index (χ4n) is 2.59. The van der Waals surface area contributed by atoms with Crippen LogP contribution in [0.15, 0.2) is 67.0 Å². The second-order valence-corrected chi connectivity index (χ2v) is 6.19. The van der Waals surface area contributed by atoms with Crippen LogP contribution in [0, 0.1) is 11.3 Å². The molecule has 162 valence electrons. The summed E-state index contributed by atoms with van der Waals surface area (Å²) in [4.78, 5) is 19.7. The van der Waals surface area contributed by atoms with Gasteiger partial charge < -0.3 is 20.5 Å². The zero-order valence-corrected chi connectivity index (χ0v) is 16.2. The molecule has 1 heterocycles. The first kappa shape index (κ1) is 22.1. The molecule has 0 aliphatic carbocycles. The number of aromatic nitrogens is 2. The minimum absolute atomic E-state index is 0.0334. The summed E-state index contributed by atoms with van der Waals surface area (Å²) in [5, 5.41) is 11.2. The number of nitriles is 1. The molecule has 2 aromatic carbocycles. The van der Waals surface area contributed by atoms with Crippen molar-refractivity contribution in [2.24, 2.45) is 0 Å². The SMILES string of the molecule is C=C(C#N)C(=O)Nc1cccc(Oc2ncnc(N)c2-c2cccc(OC(F)(F)F)c2)c1. The highest BCUT2D eigenvalue weighted by Gasteiger charge is 2.31. The van der Waals surface area contributed by atoms with Crippen LogP contribution in [0.1, 0.15) is 0 Å². The third-order valence-corrected chi connectivity index (χ3v) is 3.91. The highest BCUT2D eigenvalue weighted by atomic mass is 19.4. The maximum Gasteiger partial charge on any atom is 0.573 e. The van der Waals surface area contributed by atoms with Gasteiger partial charge in [-0.2, -0.15) is 5.26 Å². The minimum atomic E-state index is -4.86. The molecule has 0 atom stereocenters. The number of nitrogen functional groups attached to an aromatic ring is 1. The highest BCUT2D eigenvalue weighted by Crippen LogP contribution is 2.37. The molecular weight excluding hydrogens is 427 g/mol. The van der Waals surface area contributed by atoms with Gasteiger partial charge in [0.15, 0.2) is 0 Å². The van der Waals surface area contributed by atoms with Crippen LogP contribution in [0.2, 0.25) is 0 Å². The number of hydrogen-bond acceptors (Lipinski definition) is 7. The number of nitrogens with zero attached hydrogens (tertiary/aromatic N) is 3. The lowest BCUT2D eigenvalue weighted by Crippen LogP contribution is -2.17. The van der Waals surface area contributed by atoms with E-state index >= 15 is 0 Å². The first-order chi connectivity index (χ1) is 15.2. The van der Waals surface area contributed by atoms with Crippen LogP contribution in [0.5, 0.6) is 17.4 Å². The number of benzene rings is 2. The normalized spacial score (nSPS) is 10.7. The van der Waals surface area contributed by atoms with Crippen LogP contribution in [-0.4, -0.2) is 22.2 Å². The molecule has 8 nitrogen and oxygen atoms in total. The summed E-state index contributed by atoms with van der Waals surface area (Å²) in [5.41, 5.74) is 6.35. The number of nitrogens with two attached hydrogens (primary N) is 1. The van der Waals surface area contributed by atoms with E-state index in [9.17, 15) is 18.0 Å². The third-order valence-electron chi connectivity index (χ3n) is 3.91. The van der Waals surface area contributed by atoms with Gasteiger partial charge in [-0.1, -0.05) is 24.8 Å². The Balaban J connectivity index is 1.92. The number of carbonyl (C=O) groups excluding carboxylic acids is 1. The average molecular weight is 441 g/mol. The van der Waals surface area contributed by atoms with Crippen molar-refractivity contribution in [2.45, 2.75) is 6.36 Å². The Labute approximate surface area is 179 Å². The van der Waals surface area contributed by atoms with Crippen molar-refractivity contribution in [3.8, 4) is 34.6 Å². The van der Waals surface area contributed by atoms with Crippen molar-refractivity contribution < 1.29 is 27.4 Å². The highest BCUT2D eigenvalue weighted by molar-refractivity contribution is 6.06. The topological polar surface area (TPSA) is 123 Å². The van der Waals surface area contributed by atoms with Crippen molar-refractivity contribution in [1.29, 1.82) is 5.26 Å². The van der Waals surface area contributed by atoms with Gasteiger partial charge in [-0.3, -0.25) is 4.79 Å². The Hall–Kier alpha value is -4.59. The van der Waals surface area contributed by atoms with Crippen LogP contribution in [0.3, 0.4) is 0 Å². The van der Waals surface area contributed by atoms with Crippen LogP contribution >= 0.6 is 0 Å². The Morgan fingerprint density at radius 2 is 1.84 bits per heavy atom. The van der Waals surface area contributed by atoms with E-state index in [1.54, 1.807) is 24.3 Å². The monoisotopic (exact) mass is 441 g/mol. The third kappa shape index (κ3) is 5.51. The van der Waals surface area contributed by atoms with Gasteiger partial charge in [-0.15, -0.1) is 13.2 Å². The van der Waals surface area contributed by atoms with E-state index in [2.05, 4.69) is 26.6 Å². The molecule has 0 aliphatic rings. The van der Waals surface area contributed by atoms with Crippen LogP contribution in [0.25, 0.3) is 11.1 Å². The molecule has 11 heteroatoms.